The Morgan fingerprint density at radius 3 is 2.95 bits per heavy atom. The molecule has 2 rings (SSSR count). The third-order valence-electron chi connectivity index (χ3n) is 2.79. The maximum Gasteiger partial charge on any atom is 0.323 e. The molecule has 6 nitrogen and oxygen atoms in total. The summed E-state index contributed by atoms with van der Waals surface area (Å²) < 4.78 is 13.8. The number of halogens is 1. The number of rotatable bonds is 4. The molecule has 1 heterocycles. The highest BCUT2D eigenvalue weighted by Gasteiger charge is 2.15. The number of urea groups is 1. The van der Waals surface area contributed by atoms with Gasteiger partial charge in [-0.15, -0.1) is 10.2 Å². The number of anilines is 1. The molecule has 108 valence electrons. The van der Waals surface area contributed by atoms with Gasteiger partial charge in [0.05, 0.1) is 18.2 Å². The molecule has 8 heteroatoms. The molecular weight excluding hydrogens is 293 g/mol. The molecule has 0 aliphatic heterocycles. The van der Waals surface area contributed by atoms with Gasteiger partial charge in [0.2, 0.25) is 5.13 Å². The lowest BCUT2D eigenvalue weighted by molar-refractivity contribution is 0.211. The fourth-order valence-electron chi connectivity index (χ4n) is 1.68. The summed E-state index contributed by atoms with van der Waals surface area (Å²) in [6.45, 7) is 2.31. The van der Waals surface area contributed by atoms with Crippen LogP contribution in [0.25, 0.3) is 0 Å². The zero-order valence-corrected chi connectivity index (χ0v) is 12.0. The Morgan fingerprint density at radius 2 is 2.38 bits per heavy atom. The first-order valence-corrected chi connectivity index (χ1v) is 7.02. The van der Waals surface area contributed by atoms with E-state index in [4.69, 9.17) is 5.26 Å². The van der Waals surface area contributed by atoms with E-state index in [0.29, 0.717) is 17.2 Å². The number of carbonyl (C=O) groups is 1. The summed E-state index contributed by atoms with van der Waals surface area (Å²) in [7, 11) is 0. The zero-order valence-electron chi connectivity index (χ0n) is 11.2. The van der Waals surface area contributed by atoms with Gasteiger partial charge in [0, 0.05) is 12.1 Å². The molecule has 0 saturated carbocycles. The number of amides is 2. The minimum absolute atomic E-state index is 0.110. The van der Waals surface area contributed by atoms with Crippen LogP contribution >= 0.6 is 11.3 Å². The summed E-state index contributed by atoms with van der Waals surface area (Å²) in [4.78, 5) is 13.5. The predicted octanol–water partition coefficient (Wildman–Crippen LogP) is 2.60. The van der Waals surface area contributed by atoms with Gasteiger partial charge < -0.3 is 4.90 Å². The van der Waals surface area contributed by atoms with Crippen LogP contribution < -0.4 is 5.32 Å². The summed E-state index contributed by atoms with van der Waals surface area (Å²) in [6.07, 6.45) is 0. The van der Waals surface area contributed by atoms with Gasteiger partial charge in [-0.2, -0.15) is 5.26 Å². The van der Waals surface area contributed by atoms with Crippen molar-refractivity contribution in [2.45, 2.75) is 13.5 Å². The molecule has 1 N–H and O–H groups in total. The van der Waals surface area contributed by atoms with Gasteiger partial charge in [0.1, 0.15) is 11.3 Å². The van der Waals surface area contributed by atoms with Crippen LogP contribution in [0, 0.1) is 17.1 Å². The Morgan fingerprint density at radius 1 is 1.57 bits per heavy atom. The van der Waals surface area contributed by atoms with Crippen LogP contribution in [0.5, 0.6) is 0 Å². The van der Waals surface area contributed by atoms with E-state index in [1.165, 1.54) is 33.9 Å². The Kier molecular flexibility index (Phi) is 4.79. The van der Waals surface area contributed by atoms with Crippen molar-refractivity contribution in [1.82, 2.24) is 15.1 Å². The van der Waals surface area contributed by atoms with Crippen molar-refractivity contribution in [1.29, 1.82) is 5.26 Å². The number of nitrogens with zero attached hydrogens (tertiary/aromatic N) is 4. The van der Waals surface area contributed by atoms with Crippen molar-refractivity contribution in [2.75, 3.05) is 11.9 Å². The SMILES string of the molecule is CCN(Cc1ccc(C#N)cc1F)C(=O)Nc1nncs1. The maximum atomic E-state index is 13.8. The van der Waals surface area contributed by atoms with Crippen LogP contribution in [-0.2, 0) is 6.54 Å². The van der Waals surface area contributed by atoms with E-state index in [9.17, 15) is 9.18 Å². The molecule has 1 aromatic carbocycles. The fraction of sp³-hybridized carbons (Fsp3) is 0.231. The second-order valence-electron chi connectivity index (χ2n) is 4.11. The lowest BCUT2D eigenvalue weighted by Gasteiger charge is -2.20. The summed E-state index contributed by atoms with van der Waals surface area (Å²) in [5, 5.41) is 19.0. The fourth-order valence-corrected chi connectivity index (χ4v) is 2.11. The normalized spacial score (nSPS) is 9.95. The van der Waals surface area contributed by atoms with Crippen molar-refractivity contribution in [2.24, 2.45) is 0 Å². The van der Waals surface area contributed by atoms with Crippen molar-refractivity contribution >= 4 is 22.5 Å². The molecule has 0 saturated heterocycles. The van der Waals surface area contributed by atoms with Crippen molar-refractivity contribution in [3.8, 4) is 6.07 Å². The largest absolute Gasteiger partial charge is 0.323 e. The number of carbonyl (C=O) groups excluding carboxylic acids is 1. The first kappa shape index (κ1) is 14.9. The Bertz CT molecular complexity index is 668. The van der Waals surface area contributed by atoms with E-state index >= 15 is 0 Å². The minimum atomic E-state index is -0.504. The molecular formula is C13H12FN5OS. The third kappa shape index (κ3) is 3.73. The van der Waals surface area contributed by atoms with Gasteiger partial charge in [0.25, 0.3) is 0 Å². The smallest absolute Gasteiger partial charge is 0.320 e. The molecule has 0 aliphatic rings. The number of benzene rings is 1. The molecule has 0 spiro atoms. The monoisotopic (exact) mass is 305 g/mol. The van der Waals surface area contributed by atoms with E-state index in [1.54, 1.807) is 6.92 Å². The number of hydrogen-bond donors (Lipinski definition) is 1. The van der Waals surface area contributed by atoms with Gasteiger partial charge in [-0.05, 0) is 19.1 Å². The molecule has 0 atom stereocenters. The van der Waals surface area contributed by atoms with Gasteiger partial charge >= 0.3 is 6.03 Å². The average molecular weight is 305 g/mol. The molecule has 2 aromatic rings. The molecule has 0 radical (unpaired) electrons. The number of nitriles is 1. The van der Waals surface area contributed by atoms with E-state index in [0.717, 1.165) is 6.07 Å². The molecule has 2 amide bonds. The first-order chi connectivity index (χ1) is 10.1. The van der Waals surface area contributed by atoms with E-state index in [-0.39, 0.29) is 18.1 Å². The Hall–Kier alpha value is -2.53. The third-order valence-corrected chi connectivity index (χ3v) is 3.39. The summed E-state index contributed by atoms with van der Waals surface area (Å²) in [6, 6.07) is 5.68. The lowest BCUT2D eigenvalue weighted by Crippen LogP contribution is -2.34. The van der Waals surface area contributed by atoms with E-state index < -0.39 is 5.82 Å². The van der Waals surface area contributed by atoms with Crippen molar-refractivity contribution < 1.29 is 9.18 Å². The average Bonchev–Trinajstić information content (AvgIpc) is 2.98. The van der Waals surface area contributed by atoms with Crippen molar-refractivity contribution in [3.05, 3.63) is 40.7 Å². The molecule has 21 heavy (non-hydrogen) atoms. The lowest BCUT2D eigenvalue weighted by atomic mass is 10.1. The van der Waals surface area contributed by atoms with Crippen LogP contribution in [0.3, 0.4) is 0 Å². The predicted molar refractivity (Wildman–Crippen MR) is 76.1 cm³/mol. The van der Waals surface area contributed by atoms with Gasteiger partial charge in [-0.3, -0.25) is 5.32 Å². The van der Waals surface area contributed by atoms with Gasteiger partial charge in [0.15, 0.2) is 0 Å². The van der Waals surface area contributed by atoms with E-state index in [2.05, 4.69) is 15.5 Å². The van der Waals surface area contributed by atoms with Crippen LogP contribution in [0.1, 0.15) is 18.1 Å². The van der Waals surface area contributed by atoms with E-state index in [1.807, 2.05) is 6.07 Å². The van der Waals surface area contributed by atoms with Gasteiger partial charge in [-0.25, -0.2) is 9.18 Å². The summed E-state index contributed by atoms with van der Waals surface area (Å²) in [5.74, 6) is -0.504. The van der Waals surface area contributed by atoms with Crippen LogP contribution in [0.2, 0.25) is 0 Å². The number of aromatic nitrogens is 2. The second kappa shape index (κ2) is 6.76. The first-order valence-electron chi connectivity index (χ1n) is 6.14. The second-order valence-corrected chi connectivity index (χ2v) is 4.94. The highest BCUT2D eigenvalue weighted by molar-refractivity contribution is 7.13. The Labute approximate surface area is 124 Å². The molecule has 0 aliphatic carbocycles. The topological polar surface area (TPSA) is 81.9 Å². The quantitative estimate of drug-likeness (QED) is 0.941. The highest BCUT2D eigenvalue weighted by Crippen LogP contribution is 2.14. The molecule has 0 fully saturated rings. The number of nitrogens with one attached hydrogen (secondary N) is 1. The maximum absolute atomic E-state index is 13.8. The Balaban J connectivity index is 2.08. The zero-order chi connectivity index (χ0) is 15.2. The summed E-state index contributed by atoms with van der Waals surface area (Å²) >= 11 is 1.20. The standard InChI is InChI=1S/C13H12FN5OS/c1-2-19(13(20)17-12-18-16-8-21-12)7-10-4-3-9(6-15)5-11(10)14/h3-5,8H,2,7H2,1H3,(H,17,18,20). The molecule has 1 aromatic heterocycles. The molecule has 0 bridgehead atoms. The van der Waals surface area contributed by atoms with Crippen LogP contribution in [0.15, 0.2) is 23.7 Å². The number of hydrogen-bond acceptors (Lipinski definition) is 5. The highest BCUT2D eigenvalue weighted by atomic mass is 32.1. The van der Waals surface area contributed by atoms with Crippen LogP contribution in [0.4, 0.5) is 14.3 Å². The van der Waals surface area contributed by atoms with Crippen molar-refractivity contribution in [3.63, 3.8) is 0 Å². The van der Waals surface area contributed by atoms with Crippen LogP contribution in [-0.4, -0.2) is 27.7 Å². The summed E-state index contributed by atoms with van der Waals surface area (Å²) in [5.41, 5.74) is 2.10. The molecule has 0 unspecified atom stereocenters. The minimum Gasteiger partial charge on any atom is -0.320 e. The van der Waals surface area contributed by atoms with Gasteiger partial charge in [-0.1, -0.05) is 17.4 Å².